The lowest BCUT2D eigenvalue weighted by Gasteiger charge is -2.27. The number of aromatic nitrogens is 2. The fourth-order valence-corrected chi connectivity index (χ4v) is 3.23. The van der Waals surface area contributed by atoms with E-state index in [0.717, 1.165) is 12.8 Å². The van der Waals surface area contributed by atoms with Crippen LogP contribution in [0.3, 0.4) is 0 Å². The average Bonchev–Trinajstić information content (AvgIpc) is 3.23. The summed E-state index contributed by atoms with van der Waals surface area (Å²) in [6, 6.07) is 10.1. The molecule has 2 aromatic rings. The molecule has 2 atom stereocenters. The van der Waals surface area contributed by atoms with Crippen molar-refractivity contribution in [1.29, 1.82) is 0 Å². The van der Waals surface area contributed by atoms with Gasteiger partial charge in [0.05, 0.1) is 13.7 Å². The lowest BCUT2D eigenvalue weighted by Crippen LogP contribution is -2.37. The number of carbonyl (C=O) groups is 1. The minimum Gasteiger partial charge on any atom is -0.468 e. The molecule has 3 rings (SSSR count). The van der Waals surface area contributed by atoms with Gasteiger partial charge in [0, 0.05) is 12.0 Å². The zero-order chi connectivity index (χ0) is 17.1. The second-order valence-electron chi connectivity index (χ2n) is 6.42. The fourth-order valence-electron chi connectivity index (χ4n) is 3.23. The van der Waals surface area contributed by atoms with Crippen molar-refractivity contribution in [2.24, 2.45) is 0 Å². The van der Waals surface area contributed by atoms with E-state index < -0.39 is 0 Å². The molecule has 0 aliphatic carbocycles. The summed E-state index contributed by atoms with van der Waals surface area (Å²) >= 11 is 0. The van der Waals surface area contributed by atoms with Crippen molar-refractivity contribution in [3.05, 3.63) is 47.6 Å². The third-order valence-corrected chi connectivity index (χ3v) is 4.49. The van der Waals surface area contributed by atoms with Crippen LogP contribution in [0.25, 0.3) is 0 Å². The molecular weight excluding hydrogens is 306 g/mol. The first-order valence-electron chi connectivity index (χ1n) is 8.31. The van der Waals surface area contributed by atoms with E-state index in [0.29, 0.717) is 18.3 Å². The summed E-state index contributed by atoms with van der Waals surface area (Å²) in [6.07, 6.45) is 1.66. The van der Waals surface area contributed by atoms with Crippen molar-refractivity contribution in [3.8, 4) is 0 Å². The number of ether oxygens (including phenoxy) is 1. The number of rotatable bonds is 5. The maximum absolute atomic E-state index is 12.2. The molecule has 128 valence electrons. The van der Waals surface area contributed by atoms with Gasteiger partial charge in [0.2, 0.25) is 5.89 Å². The Morgan fingerprint density at radius 2 is 2.08 bits per heavy atom. The zero-order valence-corrected chi connectivity index (χ0v) is 14.3. The molecule has 0 unspecified atom stereocenters. The maximum atomic E-state index is 12.2. The van der Waals surface area contributed by atoms with Gasteiger partial charge < -0.3 is 9.26 Å². The zero-order valence-electron chi connectivity index (χ0n) is 14.3. The van der Waals surface area contributed by atoms with Crippen molar-refractivity contribution in [1.82, 2.24) is 15.0 Å². The molecule has 1 aromatic carbocycles. The van der Waals surface area contributed by atoms with Crippen LogP contribution in [0.4, 0.5) is 0 Å². The maximum Gasteiger partial charge on any atom is 0.323 e. The quantitative estimate of drug-likeness (QED) is 0.785. The molecule has 1 saturated heterocycles. The van der Waals surface area contributed by atoms with Crippen LogP contribution in [0.1, 0.15) is 55.9 Å². The smallest absolute Gasteiger partial charge is 0.323 e. The Labute approximate surface area is 141 Å². The van der Waals surface area contributed by atoms with Crippen molar-refractivity contribution >= 4 is 5.97 Å². The van der Waals surface area contributed by atoms with E-state index in [4.69, 9.17) is 9.26 Å². The van der Waals surface area contributed by atoms with Crippen LogP contribution in [0.15, 0.2) is 34.9 Å². The van der Waals surface area contributed by atoms with Gasteiger partial charge in [-0.05, 0) is 18.4 Å². The third kappa shape index (κ3) is 3.33. The molecule has 1 aliphatic heterocycles. The Balaban J connectivity index is 1.85. The Hall–Kier alpha value is -2.21. The molecule has 0 bridgehead atoms. The van der Waals surface area contributed by atoms with E-state index in [9.17, 15) is 4.79 Å². The van der Waals surface area contributed by atoms with Gasteiger partial charge in [0.1, 0.15) is 6.04 Å². The summed E-state index contributed by atoms with van der Waals surface area (Å²) in [5.74, 6) is 1.23. The molecule has 6 heteroatoms. The highest BCUT2D eigenvalue weighted by molar-refractivity contribution is 5.76. The van der Waals surface area contributed by atoms with Crippen LogP contribution in [0, 0.1) is 0 Å². The molecule has 1 aliphatic rings. The van der Waals surface area contributed by atoms with Gasteiger partial charge >= 0.3 is 5.97 Å². The Kier molecular flexibility index (Phi) is 4.94. The second-order valence-corrected chi connectivity index (χ2v) is 6.42. The number of methoxy groups -OCH3 is 1. The van der Waals surface area contributed by atoms with E-state index in [2.05, 4.69) is 27.2 Å². The molecule has 0 amide bonds. The summed E-state index contributed by atoms with van der Waals surface area (Å²) in [7, 11) is 1.43. The van der Waals surface area contributed by atoms with Gasteiger partial charge in [0.25, 0.3) is 0 Å². The number of esters is 1. The average molecular weight is 329 g/mol. The molecule has 0 radical (unpaired) electrons. The third-order valence-electron chi connectivity index (χ3n) is 4.49. The molecule has 0 saturated carbocycles. The second kappa shape index (κ2) is 7.13. The highest BCUT2D eigenvalue weighted by Crippen LogP contribution is 2.37. The minimum atomic E-state index is -0.283. The largest absolute Gasteiger partial charge is 0.468 e. The van der Waals surface area contributed by atoms with Gasteiger partial charge in [-0.2, -0.15) is 4.98 Å². The molecule has 6 nitrogen and oxygen atoms in total. The van der Waals surface area contributed by atoms with Crippen LogP contribution in [0.2, 0.25) is 0 Å². The number of benzene rings is 1. The predicted octanol–water partition coefficient (Wildman–Crippen LogP) is 3.07. The van der Waals surface area contributed by atoms with Gasteiger partial charge in [0.15, 0.2) is 5.82 Å². The topological polar surface area (TPSA) is 68.5 Å². The lowest BCUT2D eigenvalue weighted by atomic mass is 10.0. The fraction of sp³-hybridized carbons (Fsp3) is 0.500. The highest BCUT2D eigenvalue weighted by atomic mass is 16.5. The predicted molar refractivity (Wildman–Crippen MR) is 88.2 cm³/mol. The van der Waals surface area contributed by atoms with Crippen molar-refractivity contribution in [3.63, 3.8) is 0 Å². The molecule has 2 heterocycles. The van der Waals surface area contributed by atoms with Gasteiger partial charge in [-0.1, -0.05) is 49.3 Å². The Bertz CT molecular complexity index is 684. The standard InChI is InChI=1S/C18H23N3O3/c1-12(2)17-19-16(24-20-17)11-21-14(13-7-5-4-6-8-13)9-10-15(21)18(22)23-3/h4-8,12,14-15H,9-11H2,1-3H3/t14-,15-/m0/s1. The van der Waals surface area contributed by atoms with Gasteiger partial charge in [-0.3, -0.25) is 9.69 Å². The van der Waals surface area contributed by atoms with Gasteiger partial charge in [-0.15, -0.1) is 0 Å². The molecule has 0 N–H and O–H groups in total. The molecular formula is C18H23N3O3. The van der Waals surface area contributed by atoms with E-state index in [1.54, 1.807) is 0 Å². The van der Waals surface area contributed by atoms with Crippen molar-refractivity contribution in [2.75, 3.05) is 7.11 Å². The summed E-state index contributed by atoms with van der Waals surface area (Å²) in [5.41, 5.74) is 1.19. The van der Waals surface area contributed by atoms with Gasteiger partial charge in [-0.25, -0.2) is 0 Å². The molecule has 1 fully saturated rings. The first-order chi connectivity index (χ1) is 11.6. The number of hydrogen-bond donors (Lipinski definition) is 0. The summed E-state index contributed by atoms with van der Waals surface area (Å²) in [5, 5.41) is 4.02. The Morgan fingerprint density at radius 3 is 2.71 bits per heavy atom. The summed E-state index contributed by atoms with van der Waals surface area (Å²) in [6.45, 7) is 4.49. The number of hydrogen-bond acceptors (Lipinski definition) is 6. The van der Waals surface area contributed by atoms with E-state index in [-0.39, 0.29) is 24.0 Å². The molecule has 1 aromatic heterocycles. The first-order valence-corrected chi connectivity index (χ1v) is 8.31. The van der Waals surface area contributed by atoms with Crippen LogP contribution >= 0.6 is 0 Å². The Morgan fingerprint density at radius 1 is 1.33 bits per heavy atom. The van der Waals surface area contributed by atoms with Crippen molar-refractivity contribution in [2.45, 2.75) is 51.2 Å². The van der Waals surface area contributed by atoms with E-state index in [1.165, 1.54) is 12.7 Å². The molecule has 0 spiro atoms. The van der Waals surface area contributed by atoms with Crippen LogP contribution in [0.5, 0.6) is 0 Å². The van der Waals surface area contributed by atoms with E-state index in [1.807, 2.05) is 32.0 Å². The number of likely N-dealkylation sites (tertiary alicyclic amines) is 1. The lowest BCUT2D eigenvalue weighted by molar-refractivity contribution is -0.146. The summed E-state index contributed by atoms with van der Waals surface area (Å²) in [4.78, 5) is 18.7. The van der Waals surface area contributed by atoms with Crippen molar-refractivity contribution < 1.29 is 14.1 Å². The number of nitrogens with zero attached hydrogens (tertiary/aromatic N) is 3. The van der Waals surface area contributed by atoms with Crippen LogP contribution in [-0.4, -0.2) is 34.2 Å². The SMILES string of the molecule is COC(=O)[C@@H]1CC[C@@H](c2ccccc2)N1Cc1nc(C(C)C)no1. The van der Waals surface area contributed by atoms with Crippen LogP contribution < -0.4 is 0 Å². The summed E-state index contributed by atoms with van der Waals surface area (Å²) < 4.78 is 10.4. The normalized spacial score (nSPS) is 21.3. The monoisotopic (exact) mass is 329 g/mol. The molecule has 24 heavy (non-hydrogen) atoms. The highest BCUT2D eigenvalue weighted by Gasteiger charge is 2.40. The van der Waals surface area contributed by atoms with E-state index >= 15 is 0 Å². The van der Waals surface area contributed by atoms with Crippen LogP contribution in [-0.2, 0) is 16.1 Å². The minimum absolute atomic E-state index is 0.143. The first kappa shape index (κ1) is 16.6. The number of carbonyl (C=O) groups excluding carboxylic acids is 1.